The Labute approximate surface area is 55.5 Å². The van der Waals surface area contributed by atoms with Crippen molar-refractivity contribution in [3.63, 3.8) is 0 Å². The molecule has 0 aromatic carbocycles. The van der Waals surface area contributed by atoms with Crippen molar-refractivity contribution in [1.82, 2.24) is 0 Å². The topological polar surface area (TPSA) is 71.4 Å². The SMILES string of the molecule is O=S(O)C1CS(=O)(=O)C1. The zero-order chi connectivity index (χ0) is 7.07. The maximum Gasteiger partial charge on any atom is 0.158 e. The number of hydrogen-bond donors (Lipinski definition) is 1. The molecule has 0 radical (unpaired) electrons. The lowest BCUT2D eigenvalue weighted by atomic mass is 10.5. The molecule has 1 atom stereocenters. The van der Waals surface area contributed by atoms with Crippen LogP contribution < -0.4 is 0 Å². The van der Waals surface area contributed by atoms with Crippen molar-refractivity contribution in [2.24, 2.45) is 0 Å². The Morgan fingerprint density at radius 3 is 2.00 bits per heavy atom. The van der Waals surface area contributed by atoms with Crippen molar-refractivity contribution in [3.8, 4) is 0 Å². The third-order valence-corrected chi connectivity index (χ3v) is 4.31. The molecule has 1 rings (SSSR count). The van der Waals surface area contributed by atoms with Crippen LogP contribution in [0.3, 0.4) is 0 Å². The van der Waals surface area contributed by atoms with Gasteiger partial charge in [-0.1, -0.05) is 0 Å². The lowest BCUT2D eigenvalue weighted by molar-refractivity contribution is 0.539. The van der Waals surface area contributed by atoms with E-state index in [4.69, 9.17) is 4.55 Å². The summed E-state index contributed by atoms with van der Waals surface area (Å²) in [5.74, 6) is -0.258. The van der Waals surface area contributed by atoms with E-state index in [-0.39, 0.29) is 11.5 Å². The van der Waals surface area contributed by atoms with Crippen molar-refractivity contribution >= 4 is 20.9 Å². The minimum Gasteiger partial charge on any atom is -0.306 e. The van der Waals surface area contributed by atoms with Crippen LogP contribution >= 0.6 is 0 Å². The normalized spacial score (nSPS) is 29.0. The maximum atomic E-state index is 10.4. The summed E-state index contributed by atoms with van der Waals surface area (Å²) < 4.78 is 39.1. The smallest absolute Gasteiger partial charge is 0.158 e. The highest BCUT2D eigenvalue weighted by molar-refractivity contribution is 7.96. The Kier molecular flexibility index (Phi) is 1.62. The zero-order valence-electron chi connectivity index (χ0n) is 4.48. The molecule has 1 aliphatic heterocycles. The molecular formula is C3H6O4S2. The third-order valence-electron chi connectivity index (χ3n) is 1.16. The van der Waals surface area contributed by atoms with Gasteiger partial charge in [-0.05, 0) is 0 Å². The molecule has 1 heterocycles. The van der Waals surface area contributed by atoms with E-state index in [0.29, 0.717) is 0 Å². The molecule has 1 aliphatic rings. The summed E-state index contributed by atoms with van der Waals surface area (Å²) in [7, 11) is -2.93. The second-order valence-corrected chi connectivity index (χ2v) is 5.35. The average molecular weight is 170 g/mol. The van der Waals surface area contributed by atoms with Crippen LogP contribution in [-0.4, -0.2) is 33.9 Å². The van der Waals surface area contributed by atoms with E-state index in [2.05, 4.69) is 0 Å². The molecule has 0 aromatic heterocycles. The molecule has 0 spiro atoms. The van der Waals surface area contributed by atoms with Crippen molar-refractivity contribution in [3.05, 3.63) is 0 Å². The van der Waals surface area contributed by atoms with Gasteiger partial charge in [0.2, 0.25) is 0 Å². The first kappa shape index (κ1) is 7.17. The van der Waals surface area contributed by atoms with Crippen LogP contribution in [0.2, 0.25) is 0 Å². The van der Waals surface area contributed by atoms with E-state index < -0.39 is 26.2 Å². The van der Waals surface area contributed by atoms with Crippen molar-refractivity contribution in [2.75, 3.05) is 11.5 Å². The van der Waals surface area contributed by atoms with Crippen LogP contribution in [-0.2, 0) is 20.9 Å². The van der Waals surface area contributed by atoms with Gasteiger partial charge in [-0.3, -0.25) is 0 Å². The van der Waals surface area contributed by atoms with E-state index in [9.17, 15) is 12.6 Å². The second-order valence-electron chi connectivity index (χ2n) is 1.98. The van der Waals surface area contributed by atoms with E-state index in [1.54, 1.807) is 0 Å². The van der Waals surface area contributed by atoms with Crippen LogP contribution in [0.5, 0.6) is 0 Å². The van der Waals surface area contributed by atoms with Crippen LogP contribution in [0.15, 0.2) is 0 Å². The number of hydrogen-bond acceptors (Lipinski definition) is 3. The molecule has 0 aliphatic carbocycles. The van der Waals surface area contributed by atoms with Gasteiger partial charge in [-0.15, -0.1) is 0 Å². The summed E-state index contributed by atoms with van der Waals surface area (Å²) in [6, 6.07) is 0. The maximum absolute atomic E-state index is 10.4. The quantitative estimate of drug-likeness (QED) is 0.513. The fraction of sp³-hybridized carbons (Fsp3) is 1.00. The minimum atomic E-state index is -2.93. The first-order valence-electron chi connectivity index (χ1n) is 2.31. The van der Waals surface area contributed by atoms with Crippen molar-refractivity contribution in [1.29, 1.82) is 0 Å². The first-order chi connectivity index (χ1) is 4.01. The van der Waals surface area contributed by atoms with Crippen molar-refractivity contribution in [2.45, 2.75) is 5.25 Å². The summed E-state index contributed by atoms with van der Waals surface area (Å²) in [5.41, 5.74) is 0. The molecule has 54 valence electrons. The van der Waals surface area contributed by atoms with Crippen LogP contribution in [0.25, 0.3) is 0 Å². The van der Waals surface area contributed by atoms with Gasteiger partial charge in [0.15, 0.2) is 20.9 Å². The molecule has 0 aromatic rings. The van der Waals surface area contributed by atoms with Gasteiger partial charge in [0.1, 0.15) is 0 Å². The van der Waals surface area contributed by atoms with E-state index in [1.165, 1.54) is 0 Å². The van der Waals surface area contributed by atoms with Gasteiger partial charge in [-0.2, -0.15) is 0 Å². The summed E-state index contributed by atoms with van der Waals surface area (Å²) in [5, 5.41) is -0.532. The molecule has 6 heteroatoms. The van der Waals surface area contributed by atoms with Gasteiger partial charge >= 0.3 is 0 Å². The molecule has 1 saturated heterocycles. The van der Waals surface area contributed by atoms with E-state index in [0.717, 1.165) is 0 Å². The molecule has 1 unspecified atom stereocenters. The lowest BCUT2D eigenvalue weighted by Gasteiger charge is -2.21. The predicted molar refractivity (Wildman–Crippen MR) is 33.2 cm³/mol. The Balaban J connectivity index is 2.55. The van der Waals surface area contributed by atoms with Crippen LogP contribution in [0.1, 0.15) is 0 Å². The van der Waals surface area contributed by atoms with Gasteiger partial charge in [0.05, 0.1) is 16.8 Å². The highest BCUT2D eigenvalue weighted by Crippen LogP contribution is 2.14. The van der Waals surface area contributed by atoms with E-state index >= 15 is 0 Å². The fourth-order valence-corrected chi connectivity index (χ4v) is 3.84. The van der Waals surface area contributed by atoms with Gasteiger partial charge in [0, 0.05) is 0 Å². The Hall–Kier alpha value is 0.0600. The predicted octanol–water partition coefficient (Wildman–Crippen LogP) is -0.995. The molecule has 0 bridgehead atoms. The minimum absolute atomic E-state index is 0.129. The van der Waals surface area contributed by atoms with Crippen LogP contribution in [0, 0.1) is 0 Å². The molecule has 1 N–H and O–H groups in total. The Morgan fingerprint density at radius 1 is 1.44 bits per heavy atom. The van der Waals surface area contributed by atoms with Gasteiger partial charge in [0.25, 0.3) is 0 Å². The Morgan fingerprint density at radius 2 is 1.89 bits per heavy atom. The molecule has 9 heavy (non-hydrogen) atoms. The molecular weight excluding hydrogens is 164 g/mol. The zero-order valence-corrected chi connectivity index (χ0v) is 6.11. The van der Waals surface area contributed by atoms with Gasteiger partial charge in [-0.25, -0.2) is 12.6 Å². The lowest BCUT2D eigenvalue weighted by Crippen LogP contribution is -2.43. The Bertz CT molecular complexity index is 216. The molecule has 4 nitrogen and oxygen atoms in total. The summed E-state index contributed by atoms with van der Waals surface area (Å²) >= 11 is -1.95. The molecule has 0 saturated carbocycles. The molecule has 1 fully saturated rings. The summed E-state index contributed by atoms with van der Waals surface area (Å²) in [6.07, 6.45) is 0. The summed E-state index contributed by atoms with van der Waals surface area (Å²) in [6.45, 7) is 0. The van der Waals surface area contributed by atoms with E-state index in [1.807, 2.05) is 0 Å². The summed E-state index contributed by atoms with van der Waals surface area (Å²) in [4.78, 5) is 0. The van der Waals surface area contributed by atoms with Crippen molar-refractivity contribution < 1.29 is 17.2 Å². The first-order valence-corrected chi connectivity index (χ1v) is 5.30. The number of sulfone groups is 1. The number of rotatable bonds is 1. The van der Waals surface area contributed by atoms with Crippen LogP contribution in [0.4, 0.5) is 0 Å². The van der Waals surface area contributed by atoms with Gasteiger partial charge < -0.3 is 4.55 Å². The monoisotopic (exact) mass is 170 g/mol. The third kappa shape index (κ3) is 1.50. The second kappa shape index (κ2) is 2.03. The fourth-order valence-electron chi connectivity index (χ4n) is 0.634. The standard InChI is InChI=1S/C3H6O4S2/c4-8(5)3-1-9(6,7)2-3/h3H,1-2H2,(H,4,5). The molecule has 0 amide bonds. The highest BCUT2D eigenvalue weighted by Gasteiger charge is 2.37. The average Bonchev–Trinajstić information content (AvgIpc) is 1.59. The highest BCUT2D eigenvalue weighted by atomic mass is 32.2. The largest absolute Gasteiger partial charge is 0.306 e.